The van der Waals surface area contributed by atoms with Crippen LogP contribution >= 0.6 is 27.3 Å². The number of rotatable bonds is 2. The number of nitrogens with zero attached hydrogens (tertiary/aromatic N) is 3. The number of benzene rings is 1. The summed E-state index contributed by atoms with van der Waals surface area (Å²) in [5, 5.41) is 17.7. The molecule has 16 heavy (non-hydrogen) atoms. The van der Waals surface area contributed by atoms with Gasteiger partial charge in [-0.3, -0.25) is 0 Å². The molecule has 2 rings (SSSR count). The fourth-order valence-electron chi connectivity index (χ4n) is 0.996. The SMILES string of the molecule is Nc1nc(O)c(N=Nc2ccc(Br)cc2)s1. The maximum Gasteiger partial charge on any atom is 0.252 e. The van der Waals surface area contributed by atoms with E-state index in [2.05, 4.69) is 31.1 Å². The molecule has 0 amide bonds. The molecule has 0 radical (unpaired) electrons. The van der Waals surface area contributed by atoms with Crippen molar-refractivity contribution < 1.29 is 5.11 Å². The van der Waals surface area contributed by atoms with Crippen molar-refractivity contribution in [2.24, 2.45) is 10.2 Å². The third-order valence-electron chi connectivity index (χ3n) is 1.69. The summed E-state index contributed by atoms with van der Waals surface area (Å²) in [6.07, 6.45) is 0. The minimum Gasteiger partial charge on any atom is -0.491 e. The van der Waals surface area contributed by atoms with E-state index in [9.17, 15) is 5.11 Å². The summed E-state index contributed by atoms with van der Waals surface area (Å²) in [5.41, 5.74) is 6.10. The Balaban J connectivity index is 2.21. The normalized spacial score (nSPS) is 11.1. The molecular weight excluding hydrogens is 292 g/mol. The Morgan fingerprint density at radius 1 is 1.25 bits per heavy atom. The number of nitrogen functional groups attached to an aromatic ring is 1. The van der Waals surface area contributed by atoms with Gasteiger partial charge < -0.3 is 10.8 Å². The van der Waals surface area contributed by atoms with Crippen LogP contribution in [0.5, 0.6) is 5.88 Å². The van der Waals surface area contributed by atoms with E-state index in [1.54, 1.807) is 12.1 Å². The molecule has 1 heterocycles. The van der Waals surface area contributed by atoms with Crippen LogP contribution in [0.15, 0.2) is 39.0 Å². The molecule has 0 unspecified atom stereocenters. The highest BCUT2D eigenvalue weighted by molar-refractivity contribution is 9.10. The van der Waals surface area contributed by atoms with Crippen molar-refractivity contribution in [3.8, 4) is 5.88 Å². The van der Waals surface area contributed by atoms with Crippen LogP contribution in [0.3, 0.4) is 0 Å². The van der Waals surface area contributed by atoms with Crippen LogP contribution in [0, 0.1) is 0 Å². The van der Waals surface area contributed by atoms with E-state index >= 15 is 0 Å². The Kier molecular flexibility index (Phi) is 3.16. The second-order valence-electron chi connectivity index (χ2n) is 2.86. The van der Waals surface area contributed by atoms with Gasteiger partial charge in [0.2, 0.25) is 5.00 Å². The molecule has 0 bridgehead atoms. The Hall–Kier alpha value is -1.47. The highest BCUT2D eigenvalue weighted by Crippen LogP contribution is 2.35. The van der Waals surface area contributed by atoms with Crippen LogP contribution in [0.25, 0.3) is 0 Å². The molecule has 5 nitrogen and oxygen atoms in total. The van der Waals surface area contributed by atoms with Crippen molar-refractivity contribution in [1.82, 2.24) is 4.98 Å². The Labute approximate surface area is 104 Å². The van der Waals surface area contributed by atoms with Crippen LogP contribution in [0.1, 0.15) is 0 Å². The van der Waals surface area contributed by atoms with Crippen molar-refractivity contribution in [2.45, 2.75) is 0 Å². The minimum absolute atomic E-state index is 0.191. The lowest BCUT2D eigenvalue weighted by Crippen LogP contribution is -1.78. The summed E-state index contributed by atoms with van der Waals surface area (Å²) in [6.45, 7) is 0. The van der Waals surface area contributed by atoms with Crippen molar-refractivity contribution in [1.29, 1.82) is 0 Å². The van der Waals surface area contributed by atoms with E-state index in [1.807, 2.05) is 12.1 Å². The summed E-state index contributed by atoms with van der Waals surface area (Å²) in [7, 11) is 0. The van der Waals surface area contributed by atoms with E-state index in [0.717, 1.165) is 15.8 Å². The molecule has 0 aliphatic heterocycles. The molecule has 7 heteroatoms. The van der Waals surface area contributed by atoms with E-state index in [1.165, 1.54) is 0 Å². The average Bonchev–Trinajstić information content (AvgIpc) is 2.57. The quantitative estimate of drug-likeness (QED) is 0.831. The van der Waals surface area contributed by atoms with Crippen LogP contribution in [-0.4, -0.2) is 10.1 Å². The molecule has 0 atom stereocenters. The molecule has 3 N–H and O–H groups in total. The molecule has 0 fully saturated rings. The van der Waals surface area contributed by atoms with Gasteiger partial charge in [-0.25, -0.2) is 0 Å². The summed E-state index contributed by atoms with van der Waals surface area (Å²) < 4.78 is 0.969. The highest BCUT2D eigenvalue weighted by Gasteiger charge is 2.06. The van der Waals surface area contributed by atoms with Crippen LogP contribution in [0.4, 0.5) is 15.8 Å². The number of thiazole rings is 1. The maximum atomic E-state index is 9.31. The Morgan fingerprint density at radius 2 is 1.94 bits per heavy atom. The summed E-state index contributed by atoms with van der Waals surface area (Å²) in [4.78, 5) is 3.63. The largest absolute Gasteiger partial charge is 0.491 e. The monoisotopic (exact) mass is 298 g/mol. The zero-order valence-corrected chi connectivity index (χ0v) is 10.4. The number of halogens is 1. The number of anilines is 1. The minimum atomic E-state index is -0.191. The highest BCUT2D eigenvalue weighted by atomic mass is 79.9. The third-order valence-corrected chi connectivity index (χ3v) is 2.98. The Bertz CT molecular complexity index is 523. The molecule has 0 aliphatic rings. The first-order chi connectivity index (χ1) is 7.65. The van der Waals surface area contributed by atoms with Gasteiger partial charge in [0.25, 0.3) is 5.88 Å². The predicted octanol–water partition coefficient (Wildman–Crippen LogP) is 3.61. The second-order valence-corrected chi connectivity index (χ2v) is 4.78. The van der Waals surface area contributed by atoms with Crippen molar-refractivity contribution in [3.05, 3.63) is 28.7 Å². The maximum absolute atomic E-state index is 9.31. The second kappa shape index (κ2) is 4.58. The standard InChI is InChI=1S/C9H7BrN4OS/c10-5-1-3-6(4-2-5)13-14-8-7(15)12-9(11)16-8/h1-4,15H,(H2,11,12). The van der Waals surface area contributed by atoms with Gasteiger partial charge in [0.15, 0.2) is 5.13 Å². The first-order valence-corrected chi connectivity index (χ1v) is 5.88. The first-order valence-electron chi connectivity index (χ1n) is 4.28. The summed E-state index contributed by atoms with van der Waals surface area (Å²) in [5.74, 6) is -0.191. The summed E-state index contributed by atoms with van der Waals surface area (Å²) in [6, 6.07) is 7.31. The smallest absolute Gasteiger partial charge is 0.252 e. The molecule has 0 aliphatic carbocycles. The van der Waals surface area contributed by atoms with Crippen molar-refractivity contribution in [3.63, 3.8) is 0 Å². The van der Waals surface area contributed by atoms with Gasteiger partial charge in [-0.15, -0.1) is 10.2 Å². The average molecular weight is 299 g/mol. The van der Waals surface area contributed by atoms with E-state index in [4.69, 9.17) is 5.73 Å². The molecule has 0 spiro atoms. The molecule has 82 valence electrons. The number of nitrogens with two attached hydrogens (primary N) is 1. The Morgan fingerprint density at radius 3 is 2.50 bits per heavy atom. The van der Waals surface area contributed by atoms with Gasteiger partial charge in [0, 0.05) is 4.47 Å². The molecular formula is C9H7BrN4OS. The molecule has 2 aromatic rings. The van der Waals surface area contributed by atoms with Crippen LogP contribution in [0.2, 0.25) is 0 Å². The van der Waals surface area contributed by atoms with Crippen LogP contribution in [-0.2, 0) is 0 Å². The topological polar surface area (TPSA) is 83.9 Å². The van der Waals surface area contributed by atoms with Crippen molar-refractivity contribution >= 4 is 43.1 Å². The van der Waals surface area contributed by atoms with E-state index < -0.39 is 0 Å². The fourth-order valence-corrected chi connectivity index (χ4v) is 1.81. The van der Waals surface area contributed by atoms with E-state index in [-0.39, 0.29) is 11.0 Å². The first kappa shape index (κ1) is 11.0. The zero-order chi connectivity index (χ0) is 11.5. The van der Waals surface area contributed by atoms with Gasteiger partial charge in [0.1, 0.15) is 0 Å². The number of hydrogen-bond donors (Lipinski definition) is 2. The van der Waals surface area contributed by atoms with Crippen molar-refractivity contribution in [2.75, 3.05) is 5.73 Å². The van der Waals surface area contributed by atoms with Gasteiger partial charge in [-0.05, 0) is 24.3 Å². The summed E-state index contributed by atoms with van der Waals surface area (Å²) >= 11 is 4.40. The number of hydrogen-bond acceptors (Lipinski definition) is 6. The van der Waals surface area contributed by atoms with Crippen LogP contribution < -0.4 is 5.73 Å². The van der Waals surface area contributed by atoms with Gasteiger partial charge >= 0.3 is 0 Å². The number of aromatic nitrogens is 1. The number of aromatic hydroxyl groups is 1. The molecule has 1 aromatic carbocycles. The molecule has 0 saturated heterocycles. The lowest BCUT2D eigenvalue weighted by molar-refractivity contribution is 0.459. The number of azo groups is 1. The van der Waals surface area contributed by atoms with E-state index in [0.29, 0.717) is 10.7 Å². The third kappa shape index (κ3) is 2.56. The lowest BCUT2D eigenvalue weighted by atomic mass is 10.3. The van der Waals surface area contributed by atoms with Gasteiger partial charge in [0.05, 0.1) is 5.69 Å². The predicted molar refractivity (Wildman–Crippen MR) is 66.5 cm³/mol. The fraction of sp³-hybridized carbons (Fsp3) is 0. The zero-order valence-electron chi connectivity index (χ0n) is 7.96. The lowest BCUT2D eigenvalue weighted by Gasteiger charge is -1.91. The molecule has 1 aromatic heterocycles. The van der Waals surface area contributed by atoms with Gasteiger partial charge in [-0.2, -0.15) is 4.98 Å². The molecule has 0 saturated carbocycles. The van der Waals surface area contributed by atoms with Gasteiger partial charge in [-0.1, -0.05) is 27.3 Å².